The number of nitrogens with two attached hydrogens (primary N) is 1. The minimum atomic E-state index is -0.947. The topological polar surface area (TPSA) is 125 Å². The van der Waals surface area contributed by atoms with E-state index in [1.165, 1.54) is 19.2 Å². The number of methoxy groups -OCH3 is 1. The first-order valence-corrected chi connectivity index (χ1v) is 5.72. The number of rotatable bonds is 6. The molecule has 19 heavy (non-hydrogen) atoms. The fourth-order valence-electron chi connectivity index (χ4n) is 1.55. The number of carbonyl (C=O) groups is 1. The van der Waals surface area contributed by atoms with Gasteiger partial charge in [0.25, 0.3) is 0 Å². The van der Waals surface area contributed by atoms with E-state index in [2.05, 4.69) is 5.32 Å². The Balaban J connectivity index is 2.57. The van der Waals surface area contributed by atoms with Crippen molar-refractivity contribution < 1.29 is 24.9 Å². The molecule has 0 radical (unpaired) electrons. The van der Waals surface area contributed by atoms with E-state index in [9.17, 15) is 15.0 Å². The summed E-state index contributed by atoms with van der Waals surface area (Å²) in [5.74, 6) is -0.786. The number of carbonyl (C=O) groups excluding carboxylic acids is 1. The van der Waals surface area contributed by atoms with Gasteiger partial charge in [0.15, 0.2) is 11.5 Å². The molecule has 7 heteroatoms. The van der Waals surface area contributed by atoms with Crippen LogP contribution in [0.5, 0.6) is 17.2 Å². The van der Waals surface area contributed by atoms with E-state index in [1.54, 1.807) is 0 Å². The van der Waals surface area contributed by atoms with E-state index in [1.807, 2.05) is 0 Å². The third-order valence-corrected chi connectivity index (χ3v) is 2.56. The zero-order valence-electron chi connectivity index (χ0n) is 10.6. The van der Waals surface area contributed by atoms with Crippen molar-refractivity contribution in [3.05, 3.63) is 17.7 Å². The Hall–Kier alpha value is -1.99. The summed E-state index contributed by atoms with van der Waals surface area (Å²) in [6.07, 6.45) is 0.398. The molecule has 1 amide bonds. The van der Waals surface area contributed by atoms with Crippen LogP contribution in [0.2, 0.25) is 0 Å². The van der Waals surface area contributed by atoms with Gasteiger partial charge in [0, 0.05) is 6.54 Å². The van der Waals surface area contributed by atoms with E-state index in [0.29, 0.717) is 12.0 Å². The SMILES string of the molecule is COc1c(O)cc(CCNC(=O)[C@@H](N)CO)cc1O. The lowest BCUT2D eigenvalue weighted by Crippen LogP contribution is -2.43. The summed E-state index contributed by atoms with van der Waals surface area (Å²) in [5, 5.41) is 30.4. The van der Waals surface area contributed by atoms with Crippen molar-refractivity contribution in [3.63, 3.8) is 0 Å². The van der Waals surface area contributed by atoms with Gasteiger partial charge in [-0.05, 0) is 24.1 Å². The molecular weight excluding hydrogens is 252 g/mol. The van der Waals surface area contributed by atoms with Gasteiger partial charge in [-0.25, -0.2) is 0 Å². The number of nitrogens with one attached hydrogen (secondary N) is 1. The number of benzene rings is 1. The molecule has 0 unspecified atom stereocenters. The van der Waals surface area contributed by atoms with Crippen molar-refractivity contribution in [2.75, 3.05) is 20.3 Å². The van der Waals surface area contributed by atoms with Crippen molar-refractivity contribution in [3.8, 4) is 17.2 Å². The zero-order chi connectivity index (χ0) is 14.4. The van der Waals surface area contributed by atoms with Crippen molar-refractivity contribution in [2.24, 2.45) is 5.73 Å². The van der Waals surface area contributed by atoms with Crippen LogP contribution >= 0.6 is 0 Å². The number of hydrogen-bond donors (Lipinski definition) is 5. The number of aliphatic hydroxyl groups is 1. The van der Waals surface area contributed by atoms with E-state index < -0.39 is 18.6 Å². The Kier molecular flexibility index (Phi) is 5.40. The highest BCUT2D eigenvalue weighted by molar-refractivity contribution is 5.81. The summed E-state index contributed by atoms with van der Waals surface area (Å²) >= 11 is 0. The molecular formula is C12H18N2O5. The number of phenols is 2. The van der Waals surface area contributed by atoms with E-state index in [0.717, 1.165) is 0 Å². The molecule has 0 saturated heterocycles. The normalized spacial score (nSPS) is 11.9. The molecule has 1 rings (SSSR count). The number of aromatic hydroxyl groups is 2. The summed E-state index contributed by atoms with van der Waals surface area (Å²) in [7, 11) is 1.34. The van der Waals surface area contributed by atoms with Gasteiger partial charge in [-0.2, -0.15) is 0 Å². The summed E-state index contributed by atoms with van der Waals surface area (Å²) in [5.41, 5.74) is 5.96. The van der Waals surface area contributed by atoms with Gasteiger partial charge in [0.1, 0.15) is 6.04 Å². The number of ether oxygens (including phenoxy) is 1. The Morgan fingerprint density at radius 1 is 1.42 bits per heavy atom. The highest BCUT2D eigenvalue weighted by Gasteiger charge is 2.12. The predicted molar refractivity (Wildman–Crippen MR) is 68.1 cm³/mol. The summed E-state index contributed by atoms with van der Waals surface area (Å²) in [6.45, 7) is -0.145. The molecule has 1 aromatic carbocycles. The standard InChI is InChI=1S/C12H18N2O5/c1-19-11-9(16)4-7(5-10(11)17)2-3-14-12(18)8(13)6-15/h4-5,8,15-17H,2-3,6,13H2,1H3,(H,14,18)/t8-/m0/s1. The van der Waals surface area contributed by atoms with Gasteiger partial charge < -0.3 is 31.1 Å². The van der Waals surface area contributed by atoms with E-state index in [-0.39, 0.29) is 23.8 Å². The summed E-state index contributed by atoms with van der Waals surface area (Å²) in [6, 6.07) is 1.94. The third kappa shape index (κ3) is 4.01. The van der Waals surface area contributed by atoms with Gasteiger partial charge in [0.05, 0.1) is 13.7 Å². The minimum Gasteiger partial charge on any atom is -0.504 e. The van der Waals surface area contributed by atoms with Crippen LogP contribution < -0.4 is 15.8 Å². The van der Waals surface area contributed by atoms with E-state index in [4.69, 9.17) is 15.6 Å². The quantitative estimate of drug-likeness (QED) is 0.455. The molecule has 106 valence electrons. The maximum absolute atomic E-state index is 11.3. The number of phenolic OH excluding ortho intramolecular Hbond substituents is 2. The van der Waals surface area contributed by atoms with Crippen molar-refractivity contribution in [2.45, 2.75) is 12.5 Å². The Labute approximate surface area is 110 Å². The van der Waals surface area contributed by atoms with Crippen LogP contribution in [0.15, 0.2) is 12.1 Å². The van der Waals surface area contributed by atoms with Crippen LogP contribution in [0.4, 0.5) is 0 Å². The number of amides is 1. The minimum absolute atomic E-state index is 0.00934. The lowest BCUT2D eigenvalue weighted by molar-refractivity contribution is -0.123. The molecule has 0 aliphatic heterocycles. The van der Waals surface area contributed by atoms with Crippen molar-refractivity contribution in [1.82, 2.24) is 5.32 Å². The lowest BCUT2D eigenvalue weighted by Gasteiger charge is -2.11. The molecule has 0 spiro atoms. The van der Waals surface area contributed by atoms with Gasteiger partial charge >= 0.3 is 0 Å². The van der Waals surface area contributed by atoms with Crippen LogP contribution in [0, 0.1) is 0 Å². The van der Waals surface area contributed by atoms with Gasteiger partial charge in [0.2, 0.25) is 11.7 Å². The van der Waals surface area contributed by atoms with Crippen molar-refractivity contribution >= 4 is 5.91 Å². The Bertz CT molecular complexity index is 427. The van der Waals surface area contributed by atoms with Crippen LogP contribution in [-0.2, 0) is 11.2 Å². The molecule has 0 aliphatic rings. The molecule has 1 aromatic rings. The first kappa shape index (κ1) is 15.1. The average Bonchev–Trinajstić information content (AvgIpc) is 2.37. The number of hydrogen-bond acceptors (Lipinski definition) is 6. The molecule has 0 bridgehead atoms. The fraction of sp³-hybridized carbons (Fsp3) is 0.417. The van der Waals surface area contributed by atoms with Crippen LogP contribution in [0.25, 0.3) is 0 Å². The van der Waals surface area contributed by atoms with Gasteiger partial charge in [-0.15, -0.1) is 0 Å². The third-order valence-electron chi connectivity index (χ3n) is 2.56. The van der Waals surface area contributed by atoms with E-state index >= 15 is 0 Å². The summed E-state index contributed by atoms with van der Waals surface area (Å²) in [4.78, 5) is 11.3. The molecule has 0 saturated carbocycles. The number of aliphatic hydroxyl groups excluding tert-OH is 1. The lowest BCUT2D eigenvalue weighted by atomic mass is 10.1. The molecule has 0 fully saturated rings. The fourth-order valence-corrected chi connectivity index (χ4v) is 1.55. The second kappa shape index (κ2) is 6.81. The van der Waals surface area contributed by atoms with Crippen LogP contribution in [0.1, 0.15) is 5.56 Å². The first-order valence-electron chi connectivity index (χ1n) is 5.72. The first-order chi connectivity index (χ1) is 8.99. The molecule has 1 atom stereocenters. The largest absolute Gasteiger partial charge is 0.504 e. The Morgan fingerprint density at radius 2 is 2.00 bits per heavy atom. The van der Waals surface area contributed by atoms with Gasteiger partial charge in [-0.3, -0.25) is 4.79 Å². The zero-order valence-corrected chi connectivity index (χ0v) is 10.6. The van der Waals surface area contributed by atoms with Crippen LogP contribution in [-0.4, -0.2) is 47.5 Å². The molecule has 7 nitrogen and oxygen atoms in total. The second-order valence-corrected chi connectivity index (χ2v) is 4.00. The molecule has 0 aromatic heterocycles. The maximum Gasteiger partial charge on any atom is 0.239 e. The predicted octanol–water partition coefficient (Wildman–Crippen LogP) is -0.915. The van der Waals surface area contributed by atoms with Gasteiger partial charge in [-0.1, -0.05) is 0 Å². The summed E-state index contributed by atoms with van der Waals surface area (Å²) < 4.78 is 4.81. The average molecular weight is 270 g/mol. The molecule has 0 aliphatic carbocycles. The molecule has 0 heterocycles. The highest BCUT2D eigenvalue weighted by Crippen LogP contribution is 2.36. The Morgan fingerprint density at radius 3 is 2.47 bits per heavy atom. The maximum atomic E-state index is 11.3. The highest BCUT2D eigenvalue weighted by atomic mass is 16.5. The second-order valence-electron chi connectivity index (χ2n) is 4.00. The smallest absolute Gasteiger partial charge is 0.239 e. The monoisotopic (exact) mass is 270 g/mol. The van der Waals surface area contributed by atoms with Crippen molar-refractivity contribution in [1.29, 1.82) is 0 Å². The van der Waals surface area contributed by atoms with Crippen LogP contribution in [0.3, 0.4) is 0 Å². The molecule has 6 N–H and O–H groups in total.